The Labute approximate surface area is 124 Å². The summed E-state index contributed by atoms with van der Waals surface area (Å²) in [4.78, 5) is 11.9. The predicted octanol–water partition coefficient (Wildman–Crippen LogP) is 3.23. The minimum absolute atomic E-state index is 0.261. The van der Waals surface area contributed by atoms with Gasteiger partial charge in [0.05, 0.1) is 13.2 Å². The van der Waals surface area contributed by atoms with Crippen LogP contribution in [0.1, 0.15) is 35.3 Å². The van der Waals surface area contributed by atoms with Crippen molar-refractivity contribution in [3.63, 3.8) is 0 Å². The molecule has 0 saturated heterocycles. The molecule has 0 spiro atoms. The van der Waals surface area contributed by atoms with Crippen molar-refractivity contribution in [1.82, 2.24) is 4.57 Å². The summed E-state index contributed by atoms with van der Waals surface area (Å²) in [5.41, 5.74) is 1.83. The Hall–Kier alpha value is -2.23. The van der Waals surface area contributed by atoms with E-state index in [1.165, 1.54) is 5.56 Å². The predicted molar refractivity (Wildman–Crippen MR) is 79.7 cm³/mol. The van der Waals surface area contributed by atoms with Crippen LogP contribution in [0.25, 0.3) is 0 Å². The standard InChI is InChI=1S/C17H19NO3/c1-2-20-17(19)15-7-5-10-18(15)12-13-9-11-21-16-8-4-3-6-14(13)16/h3-8,10,13H,2,9,11-12H2,1H3. The van der Waals surface area contributed by atoms with E-state index in [1.54, 1.807) is 0 Å². The van der Waals surface area contributed by atoms with Crippen LogP contribution in [0.2, 0.25) is 0 Å². The molecule has 4 heteroatoms. The van der Waals surface area contributed by atoms with Gasteiger partial charge in [0, 0.05) is 18.7 Å². The van der Waals surface area contributed by atoms with Gasteiger partial charge in [-0.15, -0.1) is 0 Å². The molecule has 0 fully saturated rings. The summed E-state index contributed by atoms with van der Waals surface area (Å²) < 4.78 is 12.8. The van der Waals surface area contributed by atoms with Crippen LogP contribution < -0.4 is 4.74 Å². The Balaban J connectivity index is 1.82. The molecule has 1 aromatic heterocycles. The molecule has 110 valence electrons. The van der Waals surface area contributed by atoms with Gasteiger partial charge in [0.2, 0.25) is 0 Å². The highest BCUT2D eigenvalue weighted by Gasteiger charge is 2.23. The number of fused-ring (bicyclic) bond motifs is 1. The molecule has 0 saturated carbocycles. The number of hydrogen-bond donors (Lipinski definition) is 0. The number of nitrogens with zero attached hydrogens (tertiary/aromatic N) is 1. The number of esters is 1. The summed E-state index contributed by atoms with van der Waals surface area (Å²) in [6.45, 7) is 3.70. The smallest absolute Gasteiger partial charge is 0.354 e. The topological polar surface area (TPSA) is 40.5 Å². The highest BCUT2D eigenvalue weighted by Crippen LogP contribution is 2.34. The molecule has 1 unspecified atom stereocenters. The average molecular weight is 285 g/mol. The van der Waals surface area contributed by atoms with Gasteiger partial charge < -0.3 is 14.0 Å². The molecular formula is C17H19NO3. The van der Waals surface area contributed by atoms with Gasteiger partial charge in [-0.3, -0.25) is 0 Å². The minimum atomic E-state index is -0.261. The third-order valence-electron chi connectivity index (χ3n) is 3.81. The van der Waals surface area contributed by atoms with Gasteiger partial charge >= 0.3 is 5.97 Å². The van der Waals surface area contributed by atoms with Crippen LogP contribution in [0.3, 0.4) is 0 Å². The monoisotopic (exact) mass is 285 g/mol. The molecule has 0 radical (unpaired) electrons. The van der Waals surface area contributed by atoms with Crippen LogP contribution in [0.15, 0.2) is 42.6 Å². The third kappa shape index (κ3) is 2.79. The fraction of sp³-hybridized carbons (Fsp3) is 0.353. The van der Waals surface area contributed by atoms with Crippen molar-refractivity contribution in [2.45, 2.75) is 25.8 Å². The number of aromatic nitrogens is 1. The Kier molecular flexibility index (Phi) is 3.95. The van der Waals surface area contributed by atoms with E-state index in [1.807, 2.05) is 48.0 Å². The first-order chi connectivity index (χ1) is 10.3. The second kappa shape index (κ2) is 6.04. The fourth-order valence-electron chi connectivity index (χ4n) is 2.81. The van der Waals surface area contributed by atoms with E-state index in [4.69, 9.17) is 9.47 Å². The van der Waals surface area contributed by atoms with E-state index >= 15 is 0 Å². The van der Waals surface area contributed by atoms with Gasteiger partial charge in [0.25, 0.3) is 0 Å². The van der Waals surface area contributed by atoms with E-state index < -0.39 is 0 Å². The molecule has 3 rings (SSSR count). The van der Waals surface area contributed by atoms with Crippen molar-refractivity contribution >= 4 is 5.97 Å². The third-order valence-corrected chi connectivity index (χ3v) is 3.81. The quantitative estimate of drug-likeness (QED) is 0.810. The normalized spacial score (nSPS) is 16.9. The lowest BCUT2D eigenvalue weighted by Crippen LogP contribution is -2.20. The van der Waals surface area contributed by atoms with Gasteiger partial charge in [-0.05, 0) is 37.1 Å². The summed E-state index contributed by atoms with van der Waals surface area (Å²) in [6.07, 6.45) is 2.89. The summed E-state index contributed by atoms with van der Waals surface area (Å²) >= 11 is 0. The number of rotatable bonds is 4. The van der Waals surface area contributed by atoms with Crippen molar-refractivity contribution in [2.75, 3.05) is 13.2 Å². The molecule has 0 aliphatic carbocycles. The highest BCUT2D eigenvalue weighted by atomic mass is 16.5. The van der Waals surface area contributed by atoms with Gasteiger partial charge in [-0.25, -0.2) is 4.79 Å². The van der Waals surface area contributed by atoms with Crippen molar-refractivity contribution in [2.24, 2.45) is 0 Å². The molecule has 0 bridgehead atoms. The Morgan fingerprint density at radius 1 is 1.33 bits per heavy atom. The van der Waals surface area contributed by atoms with Crippen molar-refractivity contribution in [1.29, 1.82) is 0 Å². The van der Waals surface area contributed by atoms with Gasteiger partial charge in [-0.1, -0.05) is 18.2 Å². The lowest BCUT2D eigenvalue weighted by atomic mass is 9.93. The Bertz CT molecular complexity index is 632. The second-order valence-electron chi connectivity index (χ2n) is 5.14. The molecule has 0 N–H and O–H groups in total. The first-order valence-corrected chi connectivity index (χ1v) is 7.33. The molecule has 0 amide bonds. The highest BCUT2D eigenvalue weighted by molar-refractivity contribution is 5.87. The summed E-state index contributed by atoms with van der Waals surface area (Å²) in [5.74, 6) is 1.05. The lowest BCUT2D eigenvalue weighted by Gasteiger charge is -2.26. The number of ether oxygens (including phenoxy) is 2. The van der Waals surface area contributed by atoms with Crippen LogP contribution in [-0.2, 0) is 11.3 Å². The van der Waals surface area contributed by atoms with E-state index in [2.05, 4.69) is 6.07 Å². The Morgan fingerprint density at radius 3 is 3.05 bits per heavy atom. The van der Waals surface area contributed by atoms with Crippen LogP contribution in [0, 0.1) is 0 Å². The van der Waals surface area contributed by atoms with Crippen molar-refractivity contribution < 1.29 is 14.3 Å². The zero-order valence-corrected chi connectivity index (χ0v) is 12.1. The number of benzene rings is 1. The number of carbonyl (C=O) groups is 1. The SMILES string of the molecule is CCOC(=O)c1cccn1CC1CCOc2ccccc21. The maximum absolute atomic E-state index is 11.9. The molecule has 2 heterocycles. The van der Waals surface area contributed by atoms with Gasteiger partial charge in [0.15, 0.2) is 0 Å². The van der Waals surface area contributed by atoms with E-state index in [0.29, 0.717) is 18.2 Å². The number of para-hydroxylation sites is 1. The van der Waals surface area contributed by atoms with E-state index in [9.17, 15) is 4.79 Å². The van der Waals surface area contributed by atoms with Crippen LogP contribution >= 0.6 is 0 Å². The van der Waals surface area contributed by atoms with Crippen molar-refractivity contribution in [3.05, 3.63) is 53.9 Å². The molecule has 1 aliphatic heterocycles. The maximum Gasteiger partial charge on any atom is 0.354 e. The molecule has 2 aromatic rings. The van der Waals surface area contributed by atoms with Crippen LogP contribution in [-0.4, -0.2) is 23.8 Å². The zero-order valence-electron chi connectivity index (χ0n) is 12.1. The maximum atomic E-state index is 11.9. The second-order valence-corrected chi connectivity index (χ2v) is 5.14. The summed E-state index contributed by atoms with van der Waals surface area (Å²) in [7, 11) is 0. The summed E-state index contributed by atoms with van der Waals surface area (Å²) in [6, 6.07) is 11.8. The number of carbonyl (C=O) groups excluding carboxylic acids is 1. The fourth-order valence-corrected chi connectivity index (χ4v) is 2.81. The van der Waals surface area contributed by atoms with Crippen LogP contribution in [0.4, 0.5) is 0 Å². The first kappa shape index (κ1) is 13.7. The average Bonchev–Trinajstić information content (AvgIpc) is 2.96. The molecule has 1 atom stereocenters. The Morgan fingerprint density at radius 2 is 2.19 bits per heavy atom. The largest absolute Gasteiger partial charge is 0.493 e. The van der Waals surface area contributed by atoms with Crippen molar-refractivity contribution in [3.8, 4) is 5.75 Å². The van der Waals surface area contributed by atoms with Gasteiger partial charge in [-0.2, -0.15) is 0 Å². The van der Waals surface area contributed by atoms with E-state index in [-0.39, 0.29) is 5.97 Å². The number of hydrogen-bond acceptors (Lipinski definition) is 3. The molecule has 1 aromatic carbocycles. The zero-order chi connectivity index (χ0) is 14.7. The molecular weight excluding hydrogens is 266 g/mol. The van der Waals surface area contributed by atoms with Gasteiger partial charge in [0.1, 0.15) is 11.4 Å². The first-order valence-electron chi connectivity index (χ1n) is 7.33. The minimum Gasteiger partial charge on any atom is -0.493 e. The lowest BCUT2D eigenvalue weighted by molar-refractivity contribution is 0.0513. The molecule has 1 aliphatic rings. The summed E-state index contributed by atoms with van der Waals surface area (Å²) in [5, 5.41) is 0. The molecule has 21 heavy (non-hydrogen) atoms. The molecule has 4 nitrogen and oxygen atoms in total. The van der Waals surface area contributed by atoms with E-state index in [0.717, 1.165) is 25.3 Å². The van der Waals surface area contributed by atoms with Crippen LogP contribution in [0.5, 0.6) is 5.75 Å².